The summed E-state index contributed by atoms with van der Waals surface area (Å²) in [6, 6.07) is 5.77. The summed E-state index contributed by atoms with van der Waals surface area (Å²) in [5, 5.41) is 3.70. The van der Waals surface area contributed by atoms with Gasteiger partial charge < -0.3 is 11.1 Å². The molecule has 70 valence electrons. The molecule has 1 aromatic rings. The molecular weight excluding hydrogens is 184 g/mol. The standard InChI is InChI=1S/C10H13ClN2/c1-7-4-3-5-9(12)10(7)13-6-8(2)11/h3-5,13H,2,6,12H2,1H3. The third-order valence-electron chi connectivity index (χ3n) is 1.76. The molecule has 1 rings (SSSR count). The predicted octanol–water partition coefficient (Wildman–Crippen LogP) is 2.74. The molecule has 0 saturated carbocycles. The third-order valence-corrected chi connectivity index (χ3v) is 1.90. The zero-order chi connectivity index (χ0) is 9.84. The van der Waals surface area contributed by atoms with Crippen molar-refractivity contribution in [1.29, 1.82) is 0 Å². The van der Waals surface area contributed by atoms with Crippen molar-refractivity contribution in [2.75, 3.05) is 17.6 Å². The van der Waals surface area contributed by atoms with Gasteiger partial charge in [0.25, 0.3) is 0 Å². The van der Waals surface area contributed by atoms with Crippen LogP contribution in [0.3, 0.4) is 0 Å². The monoisotopic (exact) mass is 196 g/mol. The number of para-hydroxylation sites is 1. The van der Waals surface area contributed by atoms with E-state index in [0.29, 0.717) is 11.6 Å². The Balaban J connectivity index is 2.81. The first-order chi connectivity index (χ1) is 6.11. The lowest BCUT2D eigenvalue weighted by molar-refractivity contribution is 1.29. The van der Waals surface area contributed by atoms with Crippen LogP contribution in [0.1, 0.15) is 5.56 Å². The zero-order valence-corrected chi connectivity index (χ0v) is 8.36. The Hall–Kier alpha value is -1.15. The molecule has 0 unspecified atom stereocenters. The molecule has 2 nitrogen and oxygen atoms in total. The second-order valence-corrected chi connectivity index (χ2v) is 3.44. The van der Waals surface area contributed by atoms with Crippen molar-refractivity contribution >= 4 is 23.0 Å². The number of halogens is 1. The molecule has 0 aromatic heterocycles. The number of nitrogens with two attached hydrogens (primary N) is 1. The molecular formula is C10H13ClN2. The second-order valence-electron chi connectivity index (χ2n) is 2.91. The molecule has 0 saturated heterocycles. The van der Waals surface area contributed by atoms with E-state index >= 15 is 0 Å². The first-order valence-electron chi connectivity index (χ1n) is 4.03. The molecule has 0 fully saturated rings. The fourth-order valence-electron chi connectivity index (χ4n) is 1.12. The Morgan fingerprint density at radius 3 is 2.85 bits per heavy atom. The fraction of sp³-hybridized carbons (Fsp3) is 0.200. The highest BCUT2D eigenvalue weighted by Gasteiger charge is 2.00. The first kappa shape index (κ1) is 9.93. The van der Waals surface area contributed by atoms with Crippen LogP contribution in [0.4, 0.5) is 11.4 Å². The van der Waals surface area contributed by atoms with Crippen LogP contribution in [0.2, 0.25) is 0 Å². The number of rotatable bonds is 3. The normalized spacial score (nSPS) is 9.69. The Morgan fingerprint density at radius 1 is 1.62 bits per heavy atom. The molecule has 0 amide bonds. The minimum atomic E-state index is 0.538. The fourth-order valence-corrected chi connectivity index (χ4v) is 1.18. The van der Waals surface area contributed by atoms with Gasteiger partial charge in [0.05, 0.1) is 17.9 Å². The number of hydrogen-bond donors (Lipinski definition) is 2. The SMILES string of the molecule is C=C(Cl)CNc1c(C)cccc1N. The van der Waals surface area contributed by atoms with Crippen LogP contribution in [0.15, 0.2) is 29.8 Å². The minimum Gasteiger partial charge on any atom is -0.397 e. The zero-order valence-electron chi connectivity index (χ0n) is 7.60. The van der Waals surface area contributed by atoms with Crippen LogP contribution in [0, 0.1) is 6.92 Å². The van der Waals surface area contributed by atoms with E-state index in [9.17, 15) is 0 Å². The van der Waals surface area contributed by atoms with Crippen molar-refractivity contribution in [3.05, 3.63) is 35.4 Å². The number of hydrogen-bond acceptors (Lipinski definition) is 2. The summed E-state index contributed by atoms with van der Waals surface area (Å²) in [5.41, 5.74) is 8.55. The van der Waals surface area contributed by atoms with E-state index < -0.39 is 0 Å². The summed E-state index contributed by atoms with van der Waals surface area (Å²) >= 11 is 5.63. The average molecular weight is 197 g/mol. The largest absolute Gasteiger partial charge is 0.397 e. The van der Waals surface area contributed by atoms with Gasteiger partial charge in [-0.25, -0.2) is 0 Å². The molecule has 1 aromatic carbocycles. The summed E-state index contributed by atoms with van der Waals surface area (Å²) in [6.45, 7) is 6.13. The Bertz CT molecular complexity index is 300. The van der Waals surface area contributed by atoms with Crippen molar-refractivity contribution in [2.24, 2.45) is 0 Å². The van der Waals surface area contributed by atoms with Crippen molar-refractivity contribution in [3.8, 4) is 0 Å². The van der Waals surface area contributed by atoms with Crippen LogP contribution in [-0.4, -0.2) is 6.54 Å². The third kappa shape index (κ3) is 2.67. The molecule has 3 N–H and O–H groups in total. The van der Waals surface area contributed by atoms with Crippen LogP contribution in [0.5, 0.6) is 0 Å². The molecule has 0 aliphatic rings. The maximum Gasteiger partial charge on any atom is 0.0606 e. The molecule has 0 bridgehead atoms. The van der Waals surface area contributed by atoms with Crippen LogP contribution in [-0.2, 0) is 0 Å². The van der Waals surface area contributed by atoms with Crippen LogP contribution >= 0.6 is 11.6 Å². The summed E-state index contributed by atoms with van der Waals surface area (Å²) < 4.78 is 0. The van der Waals surface area contributed by atoms with Gasteiger partial charge in [0, 0.05) is 5.03 Å². The maximum absolute atomic E-state index is 5.77. The van der Waals surface area contributed by atoms with Crippen molar-refractivity contribution in [2.45, 2.75) is 6.92 Å². The topological polar surface area (TPSA) is 38.0 Å². The van der Waals surface area contributed by atoms with Crippen LogP contribution in [0.25, 0.3) is 0 Å². The van der Waals surface area contributed by atoms with E-state index in [2.05, 4.69) is 11.9 Å². The number of nitrogens with one attached hydrogen (secondary N) is 1. The predicted molar refractivity (Wildman–Crippen MR) is 59.1 cm³/mol. The van der Waals surface area contributed by atoms with E-state index in [1.807, 2.05) is 25.1 Å². The van der Waals surface area contributed by atoms with Gasteiger partial charge in [0.2, 0.25) is 0 Å². The van der Waals surface area contributed by atoms with E-state index in [1.54, 1.807) is 0 Å². The number of benzene rings is 1. The summed E-state index contributed by atoms with van der Waals surface area (Å²) in [4.78, 5) is 0. The van der Waals surface area contributed by atoms with Crippen molar-refractivity contribution in [3.63, 3.8) is 0 Å². The van der Waals surface area contributed by atoms with Gasteiger partial charge >= 0.3 is 0 Å². The summed E-state index contributed by atoms with van der Waals surface area (Å²) in [6.07, 6.45) is 0. The molecule has 0 heterocycles. The molecule has 13 heavy (non-hydrogen) atoms. The van der Waals surface area contributed by atoms with Gasteiger partial charge in [-0.05, 0) is 18.6 Å². The van der Waals surface area contributed by atoms with Gasteiger partial charge in [-0.1, -0.05) is 30.3 Å². The quantitative estimate of drug-likeness (QED) is 0.730. The van der Waals surface area contributed by atoms with Gasteiger partial charge in [-0.3, -0.25) is 0 Å². The summed E-state index contributed by atoms with van der Waals surface area (Å²) in [5.74, 6) is 0. The molecule has 0 atom stereocenters. The van der Waals surface area contributed by atoms with Crippen LogP contribution < -0.4 is 11.1 Å². The van der Waals surface area contributed by atoms with E-state index in [4.69, 9.17) is 17.3 Å². The smallest absolute Gasteiger partial charge is 0.0606 e. The highest BCUT2D eigenvalue weighted by Crippen LogP contribution is 2.22. The molecule has 0 aliphatic carbocycles. The number of anilines is 2. The molecule has 0 spiro atoms. The van der Waals surface area contributed by atoms with Crippen molar-refractivity contribution in [1.82, 2.24) is 0 Å². The number of aryl methyl sites for hydroxylation is 1. The lowest BCUT2D eigenvalue weighted by atomic mass is 10.1. The number of nitrogen functional groups attached to an aromatic ring is 1. The van der Waals surface area contributed by atoms with E-state index in [1.165, 1.54) is 0 Å². The Kier molecular flexibility index (Phi) is 3.20. The minimum absolute atomic E-state index is 0.538. The van der Waals surface area contributed by atoms with Gasteiger partial charge in [0.1, 0.15) is 0 Å². The highest BCUT2D eigenvalue weighted by molar-refractivity contribution is 6.29. The van der Waals surface area contributed by atoms with E-state index in [0.717, 1.165) is 16.9 Å². The lowest BCUT2D eigenvalue weighted by Gasteiger charge is -2.10. The van der Waals surface area contributed by atoms with Gasteiger partial charge in [-0.2, -0.15) is 0 Å². The lowest BCUT2D eigenvalue weighted by Crippen LogP contribution is -2.05. The average Bonchev–Trinajstić information content (AvgIpc) is 2.03. The van der Waals surface area contributed by atoms with Crippen molar-refractivity contribution < 1.29 is 0 Å². The molecule has 0 aliphatic heterocycles. The van der Waals surface area contributed by atoms with Gasteiger partial charge in [0.15, 0.2) is 0 Å². The van der Waals surface area contributed by atoms with E-state index in [-0.39, 0.29) is 0 Å². The molecule has 0 radical (unpaired) electrons. The Morgan fingerprint density at radius 2 is 2.31 bits per heavy atom. The molecule has 3 heteroatoms. The maximum atomic E-state index is 5.77. The Labute approximate surface area is 83.4 Å². The highest BCUT2D eigenvalue weighted by atomic mass is 35.5. The second kappa shape index (κ2) is 4.19. The summed E-state index contributed by atoms with van der Waals surface area (Å²) in [7, 11) is 0. The van der Waals surface area contributed by atoms with Gasteiger partial charge in [-0.15, -0.1) is 0 Å². The first-order valence-corrected chi connectivity index (χ1v) is 4.41.